The molecule has 0 radical (unpaired) electrons. The Balaban J connectivity index is 2.29. The second kappa shape index (κ2) is 3.91. The molecule has 3 nitrogen and oxygen atoms in total. The summed E-state index contributed by atoms with van der Waals surface area (Å²) in [7, 11) is 0. The highest BCUT2D eigenvalue weighted by atomic mass is 16.3. The maximum absolute atomic E-state index is 8.87. The van der Waals surface area contributed by atoms with Crippen molar-refractivity contribution in [3.05, 3.63) is 0 Å². The highest BCUT2D eigenvalue weighted by Gasteiger charge is 2.22. The van der Waals surface area contributed by atoms with Crippen molar-refractivity contribution >= 4 is 0 Å². The van der Waals surface area contributed by atoms with Crippen LogP contribution in [0.2, 0.25) is 0 Å². The lowest BCUT2D eigenvalue weighted by molar-refractivity contribution is 0.201. The summed E-state index contributed by atoms with van der Waals surface area (Å²) in [5.41, 5.74) is 5.46. The summed E-state index contributed by atoms with van der Waals surface area (Å²) in [6.07, 6.45) is 2.39. The zero-order valence-electron chi connectivity index (χ0n) is 6.21. The van der Waals surface area contributed by atoms with Gasteiger partial charge in [-0.25, -0.2) is 0 Å². The summed E-state index contributed by atoms with van der Waals surface area (Å²) >= 11 is 0. The highest BCUT2D eigenvalue weighted by molar-refractivity contribution is 4.81. The van der Waals surface area contributed by atoms with Crippen LogP contribution in [0.1, 0.15) is 12.8 Å². The fourth-order valence-electron chi connectivity index (χ4n) is 1.48. The largest absolute Gasteiger partial charge is 0.396 e. The van der Waals surface area contributed by atoms with E-state index in [1.165, 1.54) is 12.8 Å². The van der Waals surface area contributed by atoms with Gasteiger partial charge in [0, 0.05) is 18.6 Å². The Morgan fingerprint density at radius 2 is 2.50 bits per heavy atom. The molecule has 10 heavy (non-hydrogen) atoms. The molecule has 1 fully saturated rings. The van der Waals surface area contributed by atoms with E-state index >= 15 is 0 Å². The zero-order valence-corrected chi connectivity index (χ0v) is 6.21. The molecule has 2 atom stereocenters. The molecular formula is C7H16N2O. The first-order chi connectivity index (χ1) is 4.88. The van der Waals surface area contributed by atoms with E-state index in [0.29, 0.717) is 12.6 Å². The van der Waals surface area contributed by atoms with Crippen molar-refractivity contribution in [1.29, 1.82) is 0 Å². The third kappa shape index (κ3) is 1.68. The minimum absolute atomic E-state index is 0.216. The lowest BCUT2D eigenvalue weighted by Crippen LogP contribution is -2.37. The molecule has 0 aromatic carbocycles. The molecule has 3 heteroatoms. The van der Waals surface area contributed by atoms with Crippen molar-refractivity contribution < 1.29 is 5.11 Å². The van der Waals surface area contributed by atoms with Gasteiger partial charge in [0.05, 0.1) is 0 Å². The van der Waals surface area contributed by atoms with Gasteiger partial charge in [0.1, 0.15) is 0 Å². The summed E-state index contributed by atoms with van der Waals surface area (Å²) in [4.78, 5) is 0. The zero-order chi connectivity index (χ0) is 7.40. The average molecular weight is 144 g/mol. The Kier molecular flexibility index (Phi) is 3.12. The molecule has 0 aliphatic carbocycles. The molecule has 1 rings (SSSR count). The van der Waals surface area contributed by atoms with Gasteiger partial charge in [0.2, 0.25) is 0 Å². The summed E-state index contributed by atoms with van der Waals surface area (Å²) in [5, 5.41) is 12.2. The van der Waals surface area contributed by atoms with E-state index in [4.69, 9.17) is 10.8 Å². The number of aliphatic hydroxyl groups excluding tert-OH is 1. The van der Waals surface area contributed by atoms with Crippen molar-refractivity contribution in [3.63, 3.8) is 0 Å². The number of hydrogen-bond acceptors (Lipinski definition) is 3. The third-order valence-electron chi connectivity index (χ3n) is 2.20. The molecule has 4 N–H and O–H groups in total. The molecule has 1 heterocycles. The molecule has 0 bridgehead atoms. The molecule has 1 saturated heterocycles. The summed E-state index contributed by atoms with van der Waals surface area (Å²) in [6, 6.07) is 0.468. The van der Waals surface area contributed by atoms with Crippen LogP contribution in [-0.2, 0) is 0 Å². The van der Waals surface area contributed by atoms with Crippen LogP contribution in [0.3, 0.4) is 0 Å². The van der Waals surface area contributed by atoms with E-state index in [9.17, 15) is 0 Å². The predicted octanol–water partition coefficient (Wildman–Crippen LogP) is -0.694. The predicted molar refractivity (Wildman–Crippen MR) is 40.7 cm³/mol. The second-order valence-electron chi connectivity index (χ2n) is 2.88. The number of rotatable bonds is 3. The normalized spacial score (nSPS) is 28.8. The van der Waals surface area contributed by atoms with Crippen LogP contribution in [0.15, 0.2) is 0 Å². The molecule has 1 aliphatic heterocycles. The second-order valence-corrected chi connectivity index (χ2v) is 2.88. The maximum Gasteiger partial charge on any atom is 0.0486 e. The molecular weight excluding hydrogens is 128 g/mol. The van der Waals surface area contributed by atoms with Gasteiger partial charge in [0.15, 0.2) is 0 Å². The van der Waals surface area contributed by atoms with Crippen LogP contribution in [-0.4, -0.2) is 30.8 Å². The summed E-state index contributed by atoms with van der Waals surface area (Å²) < 4.78 is 0. The SMILES string of the molecule is NCC(CO)C1CCCN1. The molecule has 2 unspecified atom stereocenters. The quantitative estimate of drug-likeness (QED) is 0.491. The van der Waals surface area contributed by atoms with Gasteiger partial charge < -0.3 is 16.2 Å². The first-order valence-electron chi connectivity index (χ1n) is 3.92. The number of nitrogens with two attached hydrogens (primary N) is 1. The van der Waals surface area contributed by atoms with E-state index in [0.717, 1.165) is 6.54 Å². The molecule has 0 spiro atoms. The fraction of sp³-hybridized carbons (Fsp3) is 1.00. The Labute approximate surface area is 61.6 Å². The lowest BCUT2D eigenvalue weighted by atomic mass is 10.00. The van der Waals surface area contributed by atoms with Crippen LogP contribution in [0.4, 0.5) is 0 Å². The molecule has 60 valence electrons. The number of aliphatic hydroxyl groups is 1. The van der Waals surface area contributed by atoms with Gasteiger partial charge in [-0.15, -0.1) is 0 Å². The smallest absolute Gasteiger partial charge is 0.0486 e. The lowest BCUT2D eigenvalue weighted by Gasteiger charge is -2.18. The van der Waals surface area contributed by atoms with Crippen LogP contribution in [0.5, 0.6) is 0 Å². The van der Waals surface area contributed by atoms with E-state index in [1.54, 1.807) is 0 Å². The topological polar surface area (TPSA) is 58.3 Å². The summed E-state index contributed by atoms with van der Waals surface area (Å²) in [6.45, 7) is 1.89. The monoisotopic (exact) mass is 144 g/mol. The van der Waals surface area contributed by atoms with Gasteiger partial charge in [0.25, 0.3) is 0 Å². The van der Waals surface area contributed by atoms with Crippen LogP contribution in [0, 0.1) is 5.92 Å². The Morgan fingerprint density at radius 1 is 1.70 bits per heavy atom. The van der Waals surface area contributed by atoms with Gasteiger partial charge in [-0.3, -0.25) is 0 Å². The minimum Gasteiger partial charge on any atom is -0.396 e. The van der Waals surface area contributed by atoms with Crippen LogP contribution in [0.25, 0.3) is 0 Å². The highest BCUT2D eigenvalue weighted by Crippen LogP contribution is 2.12. The van der Waals surface area contributed by atoms with Gasteiger partial charge in [-0.05, 0) is 25.9 Å². The van der Waals surface area contributed by atoms with Gasteiger partial charge in [-0.1, -0.05) is 0 Å². The van der Waals surface area contributed by atoms with E-state index < -0.39 is 0 Å². The van der Waals surface area contributed by atoms with Crippen molar-refractivity contribution in [2.24, 2.45) is 11.7 Å². The molecule has 0 saturated carbocycles. The van der Waals surface area contributed by atoms with Crippen LogP contribution < -0.4 is 11.1 Å². The van der Waals surface area contributed by atoms with Crippen molar-refractivity contribution in [3.8, 4) is 0 Å². The van der Waals surface area contributed by atoms with Crippen molar-refractivity contribution in [1.82, 2.24) is 5.32 Å². The maximum atomic E-state index is 8.87. The van der Waals surface area contributed by atoms with Crippen molar-refractivity contribution in [2.75, 3.05) is 19.7 Å². The number of nitrogens with one attached hydrogen (secondary N) is 1. The Hall–Kier alpha value is -0.120. The molecule has 0 amide bonds. The third-order valence-corrected chi connectivity index (χ3v) is 2.20. The van der Waals surface area contributed by atoms with E-state index in [2.05, 4.69) is 5.32 Å². The first-order valence-corrected chi connectivity index (χ1v) is 3.92. The average Bonchev–Trinajstić information content (AvgIpc) is 2.43. The molecule has 0 aromatic rings. The van der Waals surface area contributed by atoms with E-state index in [1.807, 2.05) is 0 Å². The first kappa shape index (κ1) is 7.98. The minimum atomic E-state index is 0.216. The van der Waals surface area contributed by atoms with Gasteiger partial charge >= 0.3 is 0 Å². The van der Waals surface area contributed by atoms with Crippen LogP contribution >= 0.6 is 0 Å². The fourth-order valence-corrected chi connectivity index (χ4v) is 1.48. The van der Waals surface area contributed by atoms with Gasteiger partial charge in [-0.2, -0.15) is 0 Å². The Morgan fingerprint density at radius 3 is 2.90 bits per heavy atom. The number of hydrogen-bond donors (Lipinski definition) is 3. The summed E-state index contributed by atoms with van der Waals surface area (Å²) in [5.74, 6) is 0.266. The molecule has 0 aromatic heterocycles. The standard InChI is InChI=1S/C7H16N2O/c8-4-6(5-10)7-2-1-3-9-7/h6-7,9-10H,1-5,8H2. The Bertz CT molecular complexity index is 87.6. The van der Waals surface area contributed by atoms with E-state index in [-0.39, 0.29) is 12.5 Å². The molecule has 1 aliphatic rings. The van der Waals surface area contributed by atoms with Crippen molar-refractivity contribution in [2.45, 2.75) is 18.9 Å².